The molecule has 1 aliphatic rings. The summed E-state index contributed by atoms with van der Waals surface area (Å²) in [6.45, 7) is 3.95. The first-order valence-corrected chi connectivity index (χ1v) is 7.94. The maximum absolute atomic E-state index is 12.5. The maximum atomic E-state index is 12.5. The van der Waals surface area contributed by atoms with Gasteiger partial charge >= 0.3 is 5.97 Å². The lowest BCUT2D eigenvalue weighted by molar-refractivity contribution is -0.139. The molecule has 0 aliphatic carbocycles. The van der Waals surface area contributed by atoms with Crippen LogP contribution in [-0.4, -0.2) is 41.6 Å². The SMILES string of the molecule is CCOC(=O)C1=C(O)CN(C(=O)c2ccc(Cl)c(Cl)c2)CC1C. The number of hydrogen-bond donors (Lipinski definition) is 1. The van der Waals surface area contributed by atoms with Gasteiger partial charge in [-0.2, -0.15) is 0 Å². The minimum Gasteiger partial charge on any atom is -0.510 e. The Kier molecular flexibility index (Phi) is 5.55. The van der Waals surface area contributed by atoms with E-state index >= 15 is 0 Å². The Morgan fingerprint density at radius 2 is 2.04 bits per heavy atom. The van der Waals surface area contributed by atoms with E-state index in [1.54, 1.807) is 26.0 Å². The molecular formula is C16H17Cl2NO4. The first-order valence-electron chi connectivity index (χ1n) is 7.18. The first kappa shape index (κ1) is 17.6. The average Bonchev–Trinajstić information content (AvgIpc) is 2.48. The fraction of sp³-hybridized carbons (Fsp3) is 0.375. The summed E-state index contributed by atoms with van der Waals surface area (Å²) >= 11 is 11.8. The zero-order valence-corrected chi connectivity index (χ0v) is 14.3. The van der Waals surface area contributed by atoms with Gasteiger partial charge in [0.2, 0.25) is 0 Å². The quantitative estimate of drug-likeness (QED) is 0.841. The molecule has 1 unspecified atom stereocenters. The lowest BCUT2D eigenvalue weighted by Crippen LogP contribution is -2.42. The van der Waals surface area contributed by atoms with E-state index < -0.39 is 5.97 Å². The van der Waals surface area contributed by atoms with Gasteiger partial charge in [0.15, 0.2) is 0 Å². The Balaban J connectivity index is 2.22. The van der Waals surface area contributed by atoms with Crippen LogP contribution in [-0.2, 0) is 9.53 Å². The molecule has 0 spiro atoms. The molecule has 0 fully saturated rings. The summed E-state index contributed by atoms with van der Waals surface area (Å²) < 4.78 is 4.94. The molecule has 1 heterocycles. The van der Waals surface area contributed by atoms with Crippen molar-refractivity contribution >= 4 is 35.1 Å². The number of aliphatic hydroxyl groups excluding tert-OH is 1. The first-order chi connectivity index (χ1) is 10.8. The van der Waals surface area contributed by atoms with Crippen molar-refractivity contribution < 1.29 is 19.4 Å². The fourth-order valence-electron chi connectivity index (χ4n) is 2.53. The zero-order valence-electron chi connectivity index (χ0n) is 12.8. The fourth-order valence-corrected chi connectivity index (χ4v) is 2.83. The summed E-state index contributed by atoms with van der Waals surface area (Å²) in [5.74, 6) is -1.30. The highest BCUT2D eigenvalue weighted by Gasteiger charge is 2.32. The number of rotatable bonds is 3. The second-order valence-corrected chi connectivity index (χ2v) is 6.11. The molecule has 7 heteroatoms. The van der Waals surface area contributed by atoms with Crippen LogP contribution in [0.3, 0.4) is 0 Å². The number of nitrogens with zero attached hydrogens (tertiary/aromatic N) is 1. The van der Waals surface area contributed by atoms with Crippen molar-refractivity contribution in [2.75, 3.05) is 19.7 Å². The molecular weight excluding hydrogens is 341 g/mol. The highest BCUT2D eigenvalue weighted by molar-refractivity contribution is 6.42. The Hall–Kier alpha value is -1.72. The number of hydrogen-bond acceptors (Lipinski definition) is 4. The van der Waals surface area contributed by atoms with Gasteiger partial charge < -0.3 is 14.7 Å². The number of carbonyl (C=O) groups excluding carboxylic acids is 2. The summed E-state index contributed by atoms with van der Waals surface area (Å²) in [5.41, 5.74) is 0.601. The third kappa shape index (κ3) is 3.79. The van der Waals surface area contributed by atoms with Gasteiger partial charge in [0, 0.05) is 18.0 Å². The molecule has 1 atom stereocenters. The highest BCUT2D eigenvalue weighted by atomic mass is 35.5. The van der Waals surface area contributed by atoms with Crippen LogP contribution in [0.2, 0.25) is 10.0 Å². The molecule has 0 aromatic heterocycles. The van der Waals surface area contributed by atoms with Crippen molar-refractivity contribution in [1.82, 2.24) is 4.90 Å². The summed E-state index contributed by atoms with van der Waals surface area (Å²) in [7, 11) is 0. The van der Waals surface area contributed by atoms with Crippen LogP contribution < -0.4 is 0 Å². The third-order valence-corrected chi connectivity index (χ3v) is 4.33. The molecule has 0 saturated heterocycles. The van der Waals surface area contributed by atoms with Crippen molar-refractivity contribution in [3.05, 3.63) is 45.1 Å². The van der Waals surface area contributed by atoms with Crippen molar-refractivity contribution in [1.29, 1.82) is 0 Å². The number of ether oxygens (including phenoxy) is 1. The van der Waals surface area contributed by atoms with Crippen LogP contribution >= 0.6 is 23.2 Å². The topological polar surface area (TPSA) is 66.8 Å². The zero-order chi connectivity index (χ0) is 17.1. The van der Waals surface area contributed by atoms with Gasteiger partial charge in [-0.15, -0.1) is 0 Å². The minimum absolute atomic E-state index is 0.0441. The van der Waals surface area contributed by atoms with Gasteiger partial charge in [-0.25, -0.2) is 4.79 Å². The molecule has 2 rings (SSSR count). The van der Waals surface area contributed by atoms with Crippen LogP contribution in [0.25, 0.3) is 0 Å². The normalized spacial score (nSPS) is 18.1. The Bertz CT molecular complexity index is 672. The largest absolute Gasteiger partial charge is 0.510 e. The van der Waals surface area contributed by atoms with E-state index in [2.05, 4.69) is 0 Å². The van der Waals surface area contributed by atoms with E-state index in [0.29, 0.717) is 17.1 Å². The van der Waals surface area contributed by atoms with E-state index in [4.69, 9.17) is 27.9 Å². The molecule has 124 valence electrons. The molecule has 1 aromatic rings. The predicted octanol–water partition coefficient (Wildman–Crippen LogP) is 3.46. The predicted molar refractivity (Wildman–Crippen MR) is 87.8 cm³/mol. The molecule has 1 amide bonds. The standard InChI is InChI=1S/C16H17Cl2NO4/c1-3-23-16(22)14-9(2)7-19(8-13(14)20)15(21)10-4-5-11(17)12(18)6-10/h4-6,9,20H,3,7-8H2,1-2H3. The van der Waals surface area contributed by atoms with Gasteiger partial charge in [-0.3, -0.25) is 4.79 Å². The number of carbonyl (C=O) groups is 2. The van der Waals surface area contributed by atoms with Gasteiger partial charge in [-0.05, 0) is 25.1 Å². The minimum atomic E-state index is -0.542. The number of halogens is 2. The molecule has 1 aliphatic heterocycles. The Morgan fingerprint density at radius 3 is 2.61 bits per heavy atom. The van der Waals surface area contributed by atoms with Crippen molar-refractivity contribution in [3.63, 3.8) is 0 Å². The van der Waals surface area contributed by atoms with Crippen molar-refractivity contribution in [2.24, 2.45) is 5.92 Å². The highest BCUT2D eigenvalue weighted by Crippen LogP contribution is 2.27. The van der Waals surface area contributed by atoms with Crippen molar-refractivity contribution in [3.8, 4) is 0 Å². The number of esters is 1. The molecule has 0 radical (unpaired) electrons. The van der Waals surface area contributed by atoms with E-state index in [-0.39, 0.29) is 41.3 Å². The van der Waals surface area contributed by atoms with Gasteiger partial charge in [0.25, 0.3) is 5.91 Å². The van der Waals surface area contributed by atoms with Crippen LogP contribution in [0.15, 0.2) is 29.5 Å². The van der Waals surface area contributed by atoms with Gasteiger partial charge in [0.05, 0.1) is 28.8 Å². The molecule has 0 bridgehead atoms. The lowest BCUT2D eigenvalue weighted by Gasteiger charge is -2.32. The summed E-state index contributed by atoms with van der Waals surface area (Å²) in [5, 5.41) is 10.8. The van der Waals surface area contributed by atoms with Crippen LogP contribution in [0.4, 0.5) is 0 Å². The second kappa shape index (κ2) is 7.23. The summed E-state index contributed by atoms with van der Waals surface area (Å²) in [6.07, 6.45) is 0. The van der Waals surface area contributed by atoms with Crippen LogP contribution in [0.1, 0.15) is 24.2 Å². The van der Waals surface area contributed by atoms with Gasteiger partial charge in [0.1, 0.15) is 5.76 Å². The van der Waals surface area contributed by atoms with Gasteiger partial charge in [-0.1, -0.05) is 30.1 Å². The summed E-state index contributed by atoms with van der Waals surface area (Å²) in [6, 6.07) is 4.60. The van der Waals surface area contributed by atoms with Crippen molar-refractivity contribution in [2.45, 2.75) is 13.8 Å². The molecule has 1 aromatic carbocycles. The Morgan fingerprint density at radius 1 is 1.35 bits per heavy atom. The number of aliphatic hydroxyl groups is 1. The van der Waals surface area contributed by atoms with Crippen LogP contribution in [0.5, 0.6) is 0 Å². The average molecular weight is 358 g/mol. The molecule has 0 saturated carbocycles. The molecule has 5 nitrogen and oxygen atoms in total. The number of amides is 1. The third-order valence-electron chi connectivity index (χ3n) is 3.59. The van der Waals surface area contributed by atoms with E-state index in [9.17, 15) is 14.7 Å². The monoisotopic (exact) mass is 357 g/mol. The van der Waals surface area contributed by atoms with E-state index in [1.165, 1.54) is 11.0 Å². The number of benzene rings is 1. The maximum Gasteiger partial charge on any atom is 0.337 e. The summed E-state index contributed by atoms with van der Waals surface area (Å²) in [4.78, 5) is 25.9. The van der Waals surface area contributed by atoms with Crippen LogP contribution in [0, 0.1) is 5.92 Å². The van der Waals surface area contributed by atoms with E-state index in [1.807, 2.05) is 0 Å². The lowest BCUT2D eigenvalue weighted by atomic mass is 9.95. The Labute approximate surface area is 144 Å². The molecule has 23 heavy (non-hydrogen) atoms. The smallest absolute Gasteiger partial charge is 0.337 e. The van der Waals surface area contributed by atoms with E-state index in [0.717, 1.165) is 0 Å². The molecule has 1 N–H and O–H groups in total. The second-order valence-electron chi connectivity index (χ2n) is 5.30.